The van der Waals surface area contributed by atoms with Crippen LogP contribution < -0.4 is 36.6 Å². The summed E-state index contributed by atoms with van der Waals surface area (Å²) < 4.78 is 28.2. The molecule has 6 N–H and O–H groups in total. The number of methoxy groups -OCH3 is 1. The summed E-state index contributed by atoms with van der Waals surface area (Å²) in [7, 11) is 1.55. The van der Waals surface area contributed by atoms with E-state index in [1.165, 1.54) is 0 Å². The van der Waals surface area contributed by atoms with Gasteiger partial charge < -0.3 is 55.6 Å². The van der Waals surface area contributed by atoms with Gasteiger partial charge in [0.15, 0.2) is 0 Å². The minimum absolute atomic E-state index is 0.00478. The van der Waals surface area contributed by atoms with Crippen LogP contribution >= 0.6 is 0 Å². The van der Waals surface area contributed by atoms with Crippen molar-refractivity contribution in [2.75, 3.05) is 79.5 Å². The molecule has 1 atom stereocenters. The molecule has 0 aromatic heterocycles. The molecule has 0 saturated carbocycles. The van der Waals surface area contributed by atoms with Crippen molar-refractivity contribution in [2.24, 2.45) is 0 Å². The van der Waals surface area contributed by atoms with E-state index in [0.717, 1.165) is 12.0 Å². The molecule has 0 bridgehead atoms. The van der Waals surface area contributed by atoms with Crippen LogP contribution in [0.25, 0.3) is 0 Å². The number of hydrogen-bond donors (Lipinski definition) is 6. The summed E-state index contributed by atoms with van der Waals surface area (Å²) in [5.74, 6) is -1.22. The van der Waals surface area contributed by atoms with Crippen molar-refractivity contribution in [1.29, 1.82) is 0 Å². The highest BCUT2D eigenvalue weighted by atomic mass is 16.5. The lowest BCUT2D eigenvalue weighted by Crippen LogP contribution is -2.58. The number of carbonyl (C=O) groups excluding carboxylic acids is 7. The first-order valence-corrected chi connectivity index (χ1v) is 20.7. The molecule has 0 radical (unpaired) electrons. The second kappa shape index (κ2) is 32.2. The third-order valence-electron chi connectivity index (χ3n) is 8.78. The lowest BCUT2D eigenvalue weighted by atomic mass is 10.0. The van der Waals surface area contributed by atoms with E-state index in [2.05, 4.69) is 31.9 Å². The Bertz CT molecular complexity index is 1600. The van der Waals surface area contributed by atoms with E-state index in [9.17, 15) is 33.6 Å². The summed E-state index contributed by atoms with van der Waals surface area (Å²) in [5, 5.41) is 16.6. The normalized spacial score (nSPS) is 11.6. The highest BCUT2D eigenvalue weighted by Gasteiger charge is 2.34. The first kappa shape index (κ1) is 51.6. The summed E-state index contributed by atoms with van der Waals surface area (Å²) in [4.78, 5) is 85.9. The first-order chi connectivity index (χ1) is 29.6. The van der Waals surface area contributed by atoms with E-state index in [0.29, 0.717) is 63.3 Å². The SMILES string of the molecule is CCCNC(=O)CCOCC(COCCC(=O)NCCCNC=O)(COCCC(=O)NCCCNC(=O)c1ccc(OC)cc1)NC(=O)CCCC(=O)OCc1ccccc1. The van der Waals surface area contributed by atoms with E-state index in [4.69, 9.17) is 23.7 Å². The Kier molecular flexibility index (Phi) is 27.2. The molecule has 0 aliphatic carbocycles. The maximum absolute atomic E-state index is 13.4. The molecule has 0 aliphatic rings. The van der Waals surface area contributed by atoms with Crippen LogP contribution in [0, 0.1) is 0 Å². The third-order valence-corrected chi connectivity index (χ3v) is 8.78. The molecular formula is C43H64N6O12. The Morgan fingerprint density at radius 2 is 1.15 bits per heavy atom. The van der Waals surface area contributed by atoms with Gasteiger partial charge in [0.25, 0.3) is 5.91 Å². The quantitative estimate of drug-likeness (QED) is 0.0330. The zero-order chi connectivity index (χ0) is 44.4. The van der Waals surface area contributed by atoms with Crippen LogP contribution in [-0.2, 0) is 54.3 Å². The third kappa shape index (κ3) is 24.9. The Hall–Kier alpha value is -5.59. The van der Waals surface area contributed by atoms with E-state index in [1.54, 1.807) is 31.4 Å². The van der Waals surface area contributed by atoms with Crippen LogP contribution in [0.3, 0.4) is 0 Å². The van der Waals surface area contributed by atoms with E-state index in [-0.39, 0.29) is 108 Å². The number of ether oxygens (including phenoxy) is 5. The molecule has 2 rings (SSSR count). The standard InChI is InChI=1S/C43H64N6O12/c1-3-21-45-37(51)18-26-58-30-43(31-59-27-19-38(52)46-23-8-22-44-33-50,49-40(54)12-7-13-41(55)61-29-34-10-5-4-6-11-34)32-60-28-20-39(53)47-24-9-25-48-42(56)35-14-16-36(57-2)17-15-35/h4-6,10-11,14-17,33H,3,7-9,12-13,18-32H2,1-2H3,(H,44,50)(H,45,51)(H,46,52)(H,47,53)(H,48,56)(H,49,54). The molecule has 2 aromatic carbocycles. The van der Waals surface area contributed by atoms with Crippen LogP contribution in [0.15, 0.2) is 54.6 Å². The molecule has 0 aliphatic heterocycles. The number of nitrogens with one attached hydrogen (secondary N) is 6. The maximum atomic E-state index is 13.4. The predicted molar refractivity (Wildman–Crippen MR) is 225 cm³/mol. The van der Waals surface area contributed by atoms with Crippen molar-refractivity contribution in [2.45, 2.75) is 76.9 Å². The average molecular weight is 857 g/mol. The van der Waals surface area contributed by atoms with E-state index >= 15 is 0 Å². The molecule has 0 saturated heterocycles. The zero-order valence-electron chi connectivity index (χ0n) is 35.5. The van der Waals surface area contributed by atoms with Crippen molar-refractivity contribution in [3.63, 3.8) is 0 Å². The smallest absolute Gasteiger partial charge is 0.306 e. The Balaban J connectivity index is 1.98. The van der Waals surface area contributed by atoms with Gasteiger partial charge in [-0.1, -0.05) is 37.3 Å². The van der Waals surface area contributed by atoms with Crippen LogP contribution in [0.4, 0.5) is 0 Å². The van der Waals surface area contributed by atoms with Crippen molar-refractivity contribution in [3.05, 3.63) is 65.7 Å². The summed E-state index contributed by atoms with van der Waals surface area (Å²) in [5.41, 5.74) is 0.0268. The summed E-state index contributed by atoms with van der Waals surface area (Å²) in [6, 6.07) is 15.9. The van der Waals surface area contributed by atoms with Gasteiger partial charge in [-0.3, -0.25) is 33.6 Å². The van der Waals surface area contributed by atoms with E-state index < -0.39 is 17.4 Å². The fourth-order valence-electron chi connectivity index (χ4n) is 5.46. The van der Waals surface area contributed by atoms with Gasteiger partial charge in [0, 0.05) is 70.4 Å². The van der Waals surface area contributed by atoms with Gasteiger partial charge in [-0.15, -0.1) is 0 Å². The van der Waals surface area contributed by atoms with Crippen molar-refractivity contribution in [3.8, 4) is 5.75 Å². The molecular weight excluding hydrogens is 793 g/mol. The van der Waals surface area contributed by atoms with Gasteiger partial charge in [-0.2, -0.15) is 0 Å². The summed E-state index contributed by atoms with van der Waals surface area (Å²) in [6.07, 6.45) is 2.66. The highest BCUT2D eigenvalue weighted by molar-refractivity contribution is 5.94. The van der Waals surface area contributed by atoms with Crippen LogP contribution in [-0.4, -0.2) is 127 Å². The van der Waals surface area contributed by atoms with Crippen LogP contribution in [0.5, 0.6) is 5.75 Å². The van der Waals surface area contributed by atoms with Gasteiger partial charge in [-0.05, 0) is 55.5 Å². The Morgan fingerprint density at radius 3 is 1.69 bits per heavy atom. The fourth-order valence-corrected chi connectivity index (χ4v) is 5.46. The van der Waals surface area contributed by atoms with E-state index in [1.807, 2.05) is 37.3 Å². The maximum Gasteiger partial charge on any atom is 0.306 e. The molecule has 0 heterocycles. The lowest BCUT2D eigenvalue weighted by molar-refractivity contribution is -0.145. The molecule has 2 aromatic rings. The minimum Gasteiger partial charge on any atom is -0.497 e. The van der Waals surface area contributed by atoms with Gasteiger partial charge >= 0.3 is 5.97 Å². The number of hydrogen-bond acceptors (Lipinski definition) is 12. The van der Waals surface area contributed by atoms with Crippen molar-refractivity contribution >= 4 is 41.9 Å². The molecule has 0 fully saturated rings. The first-order valence-electron chi connectivity index (χ1n) is 20.7. The largest absolute Gasteiger partial charge is 0.497 e. The average Bonchev–Trinajstić information content (AvgIpc) is 3.26. The topological polar surface area (TPSA) is 238 Å². The van der Waals surface area contributed by atoms with Crippen LogP contribution in [0.1, 0.15) is 80.6 Å². The molecule has 6 amide bonds. The van der Waals surface area contributed by atoms with Gasteiger partial charge in [0.1, 0.15) is 17.9 Å². The number of esters is 1. The lowest BCUT2D eigenvalue weighted by Gasteiger charge is -2.34. The highest BCUT2D eigenvalue weighted by Crippen LogP contribution is 2.13. The molecule has 1 unspecified atom stereocenters. The Morgan fingerprint density at radius 1 is 0.607 bits per heavy atom. The number of benzene rings is 2. The minimum atomic E-state index is -1.31. The fraction of sp³-hybridized carbons (Fsp3) is 0.558. The molecule has 61 heavy (non-hydrogen) atoms. The monoisotopic (exact) mass is 856 g/mol. The Labute approximate surface area is 358 Å². The number of amides is 6. The van der Waals surface area contributed by atoms with Crippen LogP contribution in [0.2, 0.25) is 0 Å². The van der Waals surface area contributed by atoms with Crippen molar-refractivity contribution < 1.29 is 57.2 Å². The summed E-state index contributed by atoms with van der Waals surface area (Å²) in [6.45, 7) is 3.60. The molecule has 338 valence electrons. The molecule has 18 heteroatoms. The molecule has 18 nitrogen and oxygen atoms in total. The number of rotatable bonds is 35. The van der Waals surface area contributed by atoms with Gasteiger partial charge in [0.2, 0.25) is 30.0 Å². The summed E-state index contributed by atoms with van der Waals surface area (Å²) >= 11 is 0. The predicted octanol–water partition coefficient (Wildman–Crippen LogP) is 1.70. The van der Waals surface area contributed by atoms with Crippen molar-refractivity contribution in [1.82, 2.24) is 31.9 Å². The molecule has 0 spiro atoms. The second-order valence-corrected chi connectivity index (χ2v) is 14.0. The zero-order valence-corrected chi connectivity index (χ0v) is 35.5. The van der Waals surface area contributed by atoms with Gasteiger partial charge in [0.05, 0.1) is 46.8 Å². The number of carbonyl (C=O) groups is 7. The second-order valence-electron chi connectivity index (χ2n) is 14.0. The van der Waals surface area contributed by atoms with Gasteiger partial charge in [-0.25, -0.2) is 0 Å².